The predicted molar refractivity (Wildman–Crippen MR) is 90.2 cm³/mol. The lowest BCUT2D eigenvalue weighted by Gasteiger charge is -2.24. The molecule has 0 bridgehead atoms. The number of alkyl halides is 2. The van der Waals surface area contributed by atoms with Gasteiger partial charge in [-0.1, -0.05) is 0 Å². The molecular formula is C19H26F4O3. The van der Waals surface area contributed by atoms with E-state index in [1.54, 1.807) is 6.92 Å². The van der Waals surface area contributed by atoms with Gasteiger partial charge in [-0.15, -0.1) is 0 Å². The van der Waals surface area contributed by atoms with Crippen molar-refractivity contribution in [2.24, 2.45) is 5.92 Å². The maximum Gasteiger partial charge on any atom is 0.204 e. The van der Waals surface area contributed by atoms with Gasteiger partial charge in [0.2, 0.25) is 11.6 Å². The maximum atomic E-state index is 13.8. The Balaban J connectivity index is 0.000000342. The van der Waals surface area contributed by atoms with Crippen molar-refractivity contribution in [3.05, 3.63) is 23.8 Å². The molecule has 2 fully saturated rings. The number of halogens is 4. The largest absolute Gasteiger partial charge is 0.491 e. The van der Waals surface area contributed by atoms with E-state index in [2.05, 4.69) is 4.74 Å². The lowest BCUT2D eigenvalue weighted by molar-refractivity contribution is 0.153. The minimum absolute atomic E-state index is 0.115. The molecule has 3 nitrogen and oxygen atoms in total. The summed E-state index contributed by atoms with van der Waals surface area (Å²) in [5.41, 5.74) is 0. The smallest absolute Gasteiger partial charge is 0.204 e. The van der Waals surface area contributed by atoms with Crippen LogP contribution in [0.4, 0.5) is 17.6 Å². The standard InChI is InChI=1S/C15H19F3O2.C4H7FO/c1-2-19-12-7-8-13(15(18)14(12)17)20-9-10-3-5-11(16)6-4-10;5-4-1-2-6-3-4/h7-8,10-11H,2-6,9H2,1H3;4H,1-3H2. The van der Waals surface area contributed by atoms with Gasteiger partial charge in [-0.3, -0.25) is 0 Å². The second-order valence-corrected chi connectivity index (χ2v) is 6.51. The molecule has 7 heteroatoms. The summed E-state index contributed by atoms with van der Waals surface area (Å²) in [5, 5.41) is 0. The van der Waals surface area contributed by atoms with E-state index in [4.69, 9.17) is 9.47 Å². The summed E-state index contributed by atoms with van der Waals surface area (Å²) in [5.74, 6) is -2.09. The highest BCUT2D eigenvalue weighted by Crippen LogP contribution is 2.30. The van der Waals surface area contributed by atoms with Crippen molar-refractivity contribution < 1.29 is 31.8 Å². The number of hydrogen-bond acceptors (Lipinski definition) is 3. The molecule has 1 aromatic carbocycles. The molecule has 1 unspecified atom stereocenters. The summed E-state index contributed by atoms with van der Waals surface area (Å²) in [6.45, 7) is 3.18. The van der Waals surface area contributed by atoms with Gasteiger partial charge in [-0.2, -0.15) is 8.78 Å². The van der Waals surface area contributed by atoms with Gasteiger partial charge in [-0.05, 0) is 50.7 Å². The van der Waals surface area contributed by atoms with Crippen LogP contribution in [0.3, 0.4) is 0 Å². The van der Waals surface area contributed by atoms with E-state index in [0.717, 1.165) is 12.8 Å². The highest BCUT2D eigenvalue weighted by atomic mass is 19.2. The molecule has 0 N–H and O–H groups in total. The van der Waals surface area contributed by atoms with E-state index in [9.17, 15) is 17.6 Å². The Morgan fingerprint density at radius 2 is 1.54 bits per heavy atom. The van der Waals surface area contributed by atoms with Gasteiger partial charge in [0, 0.05) is 13.0 Å². The van der Waals surface area contributed by atoms with Gasteiger partial charge in [0.25, 0.3) is 0 Å². The molecular weight excluding hydrogens is 352 g/mol. The van der Waals surface area contributed by atoms with Crippen LogP contribution in [0.1, 0.15) is 39.0 Å². The van der Waals surface area contributed by atoms with Crippen molar-refractivity contribution in [1.82, 2.24) is 0 Å². The van der Waals surface area contributed by atoms with Crippen LogP contribution in [0.2, 0.25) is 0 Å². The molecule has 26 heavy (non-hydrogen) atoms. The fraction of sp³-hybridized carbons (Fsp3) is 0.684. The number of benzene rings is 1. The fourth-order valence-corrected chi connectivity index (χ4v) is 2.89. The minimum Gasteiger partial charge on any atom is -0.491 e. The third-order valence-electron chi connectivity index (χ3n) is 4.44. The quantitative estimate of drug-likeness (QED) is 0.674. The second-order valence-electron chi connectivity index (χ2n) is 6.51. The van der Waals surface area contributed by atoms with Crippen molar-refractivity contribution in [3.63, 3.8) is 0 Å². The number of rotatable bonds is 5. The van der Waals surface area contributed by atoms with Crippen molar-refractivity contribution >= 4 is 0 Å². The van der Waals surface area contributed by atoms with E-state index in [1.807, 2.05) is 0 Å². The maximum absolute atomic E-state index is 13.8. The van der Waals surface area contributed by atoms with Crippen molar-refractivity contribution in [2.45, 2.75) is 51.4 Å². The summed E-state index contributed by atoms with van der Waals surface area (Å²) < 4.78 is 67.2. The van der Waals surface area contributed by atoms with Crippen LogP contribution in [0, 0.1) is 17.6 Å². The zero-order chi connectivity index (χ0) is 18.9. The normalized spacial score (nSPS) is 25.3. The molecule has 1 saturated heterocycles. The van der Waals surface area contributed by atoms with E-state index in [0.29, 0.717) is 32.5 Å². The molecule has 1 atom stereocenters. The van der Waals surface area contributed by atoms with E-state index in [1.165, 1.54) is 12.1 Å². The molecule has 0 radical (unpaired) electrons. The average molecular weight is 378 g/mol. The first-order valence-electron chi connectivity index (χ1n) is 9.10. The van der Waals surface area contributed by atoms with Crippen LogP contribution in [0.5, 0.6) is 11.5 Å². The Hall–Kier alpha value is -1.50. The zero-order valence-electron chi connectivity index (χ0n) is 15.0. The Kier molecular flexibility index (Phi) is 8.48. The molecule has 1 saturated carbocycles. The van der Waals surface area contributed by atoms with Gasteiger partial charge < -0.3 is 14.2 Å². The van der Waals surface area contributed by atoms with Gasteiger partial charge in [-0.25, -0.2) is 8.78 Å². The van der Waals surface area contributed by atoms with E-state index >= 15 is 0 Å². The fourth-order valence-electron chi connectivity index (χ4n) is 2.89. The molecule has 1 aliphatic heterocycles. The topological polar surface area (TPSA) is 27.7 Å². The number of ether oxygens (including phenoxy) is 3. The first-order chi connectivity index (χ1) is 12.5. The van der Waals surface area contributed by atoms with Gasteiger partial charge in [0.15, 0.2) is 11.5 Å². The lowest BCUT2D eigenvalue weighted by Crippen LogP contribution is -2.20. The van der Waals surface area contributed by atoms with Crippen LogP contribution >= 0.6 is 0 Å². The predicted octanol–water partition coefficient (Wildman–Crippen LogP) is 5.02. The van der Waals surface area contributed by atoms with Crippen LogP contribution in [-0.4, -0.2) is 38.8 Å². The molecule has 3 rings (SSSR count). The van der Waals surface area contributed by atoms with Crippen LogP contribution in [-0.2, 0) is 4.74 Å². The third kappa shape index (κ3) is 6.34. The van der Waals surface area contributed by atoms with Crippen LogP contribution in [0.15, 0.2) is 12.1 Å². The third-order valence-corrected chi connectivity index (χ3v) is 4.44. The average Bonchev–Trinajstić information content (AvgIpc) is 3.11. The first kappa shape index (κ1) is 20.8. The minimum atomic E-state index is -1.03. The summed E-state index contributed by atoms with van der Waals surface area (Å²) in [4.78, 5) is 0. The van der Waals surface area contributed by atoms with Crippen LogP contribution in [0.25, 0.3) is 0 Å². The highest BCUT2D eigenvalue weighted by Gasteiger charge is 2.22. The summed E-state index contributed by atoms with van der Waals surface area (Å²) in [7, 11) is 0. The van der Waals surface area contributed by atoms with E-state index < -0.39 is 24.0 Å². The Labute approximate surface area is 151 Å². The molecule has 0 aromatic heterocycles. The molecule has 2 aliphatic rings. The highest BCUT2D eigenvalue weighted by molar-refractivity contribution is 5.35. The van der Waals surface area contributed by atoms with E-state index in [-0.39, 0.29) is 30.6 Å². The molecule has 148 valence electrons. The van der Waals surface area contributed by atoms with Crippen LogP contribution < -0.4 is 9.47 Å². The van der Waals surface area contributed by atoms with Gasteiger partial charge in [0.05, 0.1) is 19.8 Å². The molecule has 1 heterocycles. The zero-order valence-corrected chi connectivity index (χ0v) is 15.0. The summed E-state index contributed by atoms with van der Waals surface area (Å²) >= 11 is 0. The summed E-state index contributed by atoms with van der Waals surface area (Å²) in [6, 6.07) is 2.72. The molecule has 1 aliphatic carbocycles. The molecule has 1 aromatic rings. The Morgan fingerprint density at radius 1 is 0.923 bits per heavy atom. The van der Waals surface area contributed by atoms with Crippen molar-refractivity contribution in [2.75, 3.05) is 26.4 Å². The van der Waals surface area contributed by atoms with Crippen molar-refractivity contribution in [3.8, 4) is 11.5 Å². The Bertz CT molecular complexity index is 542. The van der Waals surface area contributed by atoms with Gasteiger partial charge in [0.1, 0.15) is 12.3 Å². The second kappa shape index (κ2) is 10.6. The first-order valence-corrected chi connectivity index (χ1v) is 9.10. The lowest BCUT2D eigenvalue weighted by atomic mass is 9.89. The number of hydrogen-bond donors (Lipinski definition) is 0. The molecule has 0 amide bonds. The molecule has 0 spiro atoms. The van der Waals surface area contributed by atoms with Gasteiger partial charge >= 0.3 is 0 Å². The SMILES string of the molecule is CCOc1ccc(OCC2CCC(F)CC2)c(F)c1F.FC1CCOC1. The Morgan fingerprint density at radius 3 is 2.00 bits per heavy atom. The summed E-state index contributed by atoms with van der Waals surface area (Å²) in [6.07, 6.45) is 1.68. The monoisotopic (exact) mass is 378 g/mol. The van der Waals surface area contributed by atoms with Crippen molar-refractivity contribution in [1.29, 1.82) is 0 Å².